The summed E-state index contributed by atoms with van der Waals surface area (Å²) in [4.78, 5) is 21.6. The lowest BCUT2D eigenvalue weighted by molar-refractivity contribution is 0.0341. The van der Waals surface area contributed by atoms with E-state index in [4.69, 9.17) is 9.26 Å². The van der Waals surface area contributed by atoms with Crippen molar-refractivity contribution in [3.05, 3.63) is 35.7 Å². The van der Waals surface area contributed by atoms with Gasteiger partial charge < -0.3 is 19.1 Å². The Kier molecular flexibility index (Phi) is 5.90. The molecule has 2 heterocycles. The van der Waals surface area contributed by atoms with Gasteiger partial charge in [0.05, 0.1) is 13.2 Å². The first-order valence-electron chi connectivity index (χ1n) is 10.2. The van der Waals surface area contributed by atoms with Crippen LogP contribution in [0.3, 0.4) is 0 Å². The van der Waals surface area contributed by atoms with Gasteiger partial charge in [-0.3, -0.25) is 0 Å². The van der Waals surface area contributed by atoms with E-state index in [0.29, 0.717) is 44.6 Å². The number of ether oxygens (including phenoxy) is 1. The first-order valence-corrected chi connectivity index (χ1v) is 10.2. The van der Waals surface area contributed by atoms with Gasteiger partial charge in [0, 0.05) is 24.7 Å². The molecular weight excluding hydrogens is 356 g/mol. The van der Waals surface area contributed by atoms with Crippen molar-refractivity contribution in [3.63, 3.8) is 0 Å². The number of hydrogen-bond acceptors (Lipinski definition) is 5. The monoisotopic (exact) mass is 384 g/mol. The zero-order chi connectivity index (χ0) is 19.3. The van der Waals surface area contributed by atoms with E-state index in [1.165, 1.54) is 12.0 Å². The van der Waals surface area contributed by atoms with Gasteiger partial charge in [-0.2, -0.15) is 4.98 Å². The minimum atomic E-state index is 0.0604. The molecule has 0 N–H and O–H groups in total. The first-order chi connectivity index (χ1) is 13.7. The Labute approximate surface area is 165 Å². The van der Waals surface area contributed by atoms with Gasteiger partial charge in [0.2, 0.25) is 11.7 Å². The highest BCUT2D eigenvalue weighted by Crippen LogP contribution is 2.26. The molecule has 150 valence electrons. The molecule has 1 aromatic heterocycles. The highest BCUT2D eigenvalue weighted by atomic mass is 16.5. The van der Waals surface area contributed by atoms with Crippen LogP contribution >= 0.6 is 0 Å². The second-order valence-electron chi connectivity index (χ2n) is 7.68. The fourth-order valence-corrected chi connectivity index (χ4v) is 3.97. The molecule has 1 aliphatic heterocycles. The maximum Gasteiger partial charge on any atom is 0.320 e. The van der Waals surface area contributed by atoms with Gasteiger partial charge in [-0.05, 0) is 19.8 Å². The number of carbonyl (C=O) groups excluding carboxylic acids is 1. The van der Waals surface area contributed by atoms with Crippen molar-refractivity contribution in [2.75, 3.05) is 26.3 Å². The van der Waals surface area contributed by atoms with Crippen LogP contribution in [0.4, 0.5) is 4.79 Å². The van der Waals surface area contributed by atoms with Gasteiger partial charge in [0.25, 0.3) is 0 Å². The summed E-state index contributed by atoms with van der Waals surface area (Å²) in [5, 5.41) is 4.13. The van der Waals surface area contributed by atoms with E-state index in [0.717, 1.165) is 31.2 Å². The van der Waals surface area contributed by atoms with Gasteiger partial charge in [-0.1, -0.05) is 54.2 Å². The number of benzene rings is 1. The molecule has 28 heavy (non-hydrogen) atoms. The van der Waals surface area contributed by atoms with E-state index in [-0.39, 0.29) is 12.1 Å². The van der Waals surface area contributed by atoms with Crippen molar-refractivity contribution >= 4 is 6.03 Å². The van der Waals surface area contributed by atoms with Gasteiger partial charge >= 0.3 is 6.03 Å². The van der Waals surface area contributed by atoms with Crippen LogP contribution in [0.1, 0.15) is 43.6 Å². The number of morpholine rings is 1. The zero-order valence-corrected chi connectivity index (χ0v) is 16.5. The van der Waals surface area contributed by atoms with Crippen LogP contribution in [0, 0.1) is 6.92 Å². The molecule has 0 radical (unpaired) electrons. The third-order valence-corrected chi connectivity index (χ3v) is 5.63. The number of amides is 2. The van der Waals surface area contributed by atoms with Crippen LogP contribution in [0.5, 0.6) is 0 Å². The molecule has 0 spiro atoms. The fourth-order valence-electron chi connectivity index (χ4n) is 3.97. The van der Waals surface area contributed by atoms with Crippen molar-refractivity contribution in [1.29, 1.82) is 0 Å². The Morgan fingerprint density at radius 2 is 1.86 bits per heavy atom. The van der Waals surface area contributed by atoms with Gasteiger partial charge in [0.1, 0.15) is 6.54 Å². The normalized spacial score (nSPS) is 18.2. The molecule has 0 unspecified atom stereocenters. The molecule has 2 aliphatic rings. The van der Waals surface area contributed by atoms with E-state index in [9.17, 15) is 4.79 Å². The maximum absolute atomic E-state index is 13.2. The lowest BCUT2D eigenvalue weighted by Crippen LogP contribution is -2.51. The van der Waals surface area contributed by atoms with Crippen LogP contribution < -0.4 is 0 Å². The molecule has 0 bridgehead atoms. The minimum absolute atomic E-state index is 0.0604. The molecule has 1 aromatic carbocycles. The van der Waals surface area contributed by atoms with E-state index in [1.807, 2.05) is 41.0 Å². The van der Waals surface area contributed by atoms with Crippen LogP contribution in [-0.4, -0.2) is 58.3 Å². The predicted molar refractivity (Wildman–Crippen MR) is 105 cm³/mol. The van der Waals surface area contributed by atoms with Crippen molar-refractivity contribution < 1.29 is 14.1 Å². The Balaban J connectivity index is 1.51. The number of hydrogen-bond donors (Lipinski definition) is 0. The van der Waals surface area contributed by atoms with Crippen molar-refractivity contribution in [2.45, 2.75) is 51.6 Å². The first kappa shape index (κ1) is 18.9. The minimum Gasteiger partial charge on any atom is -0.378 e. The second kappa shape index (κ2) is 8.73. The maximum atomic E-state index is 13.2. The smallest absolute Gasteiger partial charge is 0.320 e. The quantitative estimate of drug-likeness (QED) is 0.805. The van der Waals surface area contributed by atoms with Crippen LogP contribution in [0.15, 0.2) is 28.8 Å². The summed E-state index contributed by atoms with van der Waals surface area (Å²) in [6, 6.07) is 8.33. The Hall–Kier alpha value is -2.41. The highest BCUT2D eigenvalue weighted by Gasteiger charge is 2.31. The van der Waals surface area contributed by atoms with Gasteiger partial charge in [0.15, 0.2) is 0 Å². The van der Waals surface area contributed by atoms with Crippen molar-refractivity contribution in [1.82, 2.24) is 19.9 Å². The highest BCUT2D eigenvalue weighted by molar-refractivity contribution is 5.75. The molecule has 2 amide bonds. The molecule has 0 atom stereocenters. The fraction of sp³-hybridized carbons (Fsp3) is 0.571. The molecule has 1 saturated carbocycles. The summed E-state index contributed by atoms with van der Waals surface area (Å²) >= 11 is 0. The SMILES string of the molecule is Cc1ccc(-c2noc(CN(C(=O)N3CCOCC3)C3CCCCC3)n2)cc1. The summed E-state index contributed by atoms with van der Waals surface area (Å²) < 4.78 is 10.9. The molecular formula is C21H28N4O3. The van der Waals surface area contributed by atoms with E-state index >= 15 is 0 Å². The molecule has 7 heteroatoms. The van der Waals surface area contributed by atoms with Crippen LogP contribution in [0.2, 0.25) is 0 Å². The molecule has 4 rings (SSSR count). The van der Waals surface area contributed by atoms with E-state index in [2.05, 4.69) is 10.1 Å². The average Bonchev–Trinajstić information content (AvgIpc) is 3.22. The molecule has 2 fully saturated rings. The van der Waals surface area contributed by atoms with E-state index < -0.39 is 0 Å². The van der Waals surface area contributed by atoms with Crippen molar-refractivity contribution in [3.8, 4) is 11.4 Å². The standard InChI is InChI=1S/C21H28N4O3/c1-16-7-9-17(10-8-16)20-22-19(28-23-20)15-25(18-5-3-2-4-6-18)21(26)24-11-13-27-14-12-24/h7-10,18H,2-6,11-15H2,1H3. The summed E-state index contributed by atoms with van der Waals surface area (Å²) in [7, 11) is 0. The molecule has 2 aromatic rings. The summed E-state index contributed by atoms with van der Waals surface area (Å²) in [5.74, 6) is 1.06. The second-order valence-corrected chi connectivity index (χ2v) is 7.68. The molecule has 7 nitrogen and oxygen atoms in total. The van der Waals surface area contributed by atoms with Gasteiger partial charge in [-0.25, -0.2) is 4.79 Å². The van der Waals surface area contributed by atoms with Gasteiger partial charge in [-0.15, -0.1) is 0 Å². The predicted octanol–water partition coefficient (Wildman–Crippen LogP) is 3.63. The summed E-state index contributed by atoms with van der Waals surface area (Å²) in [6.45, 7) is 4.89. The Morgan fingerprint density at radius 3 is 2.57 bits per heavy atom. The van der Waals surface area contributed by atoms with Crippen LogP contribution in [0.25, 0.3) is 11.4 Å². The lowest BCUT2D eigenvalue weighted by atomic mass is 9.94. The lowest BCUT2D eigenvalue weighted by Gasteiger charge is -2.38. The molecule has 1 aliphatic carbocycles. The largest absolute Gasteiger partial charge is 0.378 e. The Morgan fingerprint density at radius 1 is 1.14 bits per heavy atom. The zero-order valence-electron chi connectivity index (χ0n) is 16.5. The van der Waals surface area contributed by atoms with Crippen LogP contribution in [-0.2, 0) is 11.3 Å². The number of carbonyl (C=O) groups is 1. The number of rotatable bonds is 4. The average molecular weight is 384 g/mol. The van der Waals surface area contributed by atoms with Crippen molar-refractivity contribution in [2.24, 2.45) is 0 Å². The third-order valence-electron chi connectivity index (χ3n) is 5.63. The van der Waals surface area contributed by atoms with E-state index in [1.54, 1.807) is 0 Å². The summed E-state index contributed by atoms with van der Waals surface area (Å²) in [5.41, 5.74) is 2.11. The number of aryl methyl sites for hydroxylation is 1. The number of nitrogens with zero attached hydrogens (tertiary/aromatic N) is 4. The molecule has 1 saturated heterocycles. The Bertz CT molecular complexity index is 777. The third kappa shape index (κ3) is 4.35. The number of aromatic nitrogens is 2. The topological polar surface area (TPSA) is 71.7 Å². The summed E-state index contributed by atoms with van der Waals surface area (Å²) in [6.07, 6.45) is 5.64. The number of urea groups is 1.